The lowest BCUT2D eigenvalue weighted by Crippen LogP contribution is -2.49. The molecule has 0 fully saturated rings. The number of carbonyl (C=O) groups excluding carboxylic acids is 5. The van der Waals surface area contributed by atoms with E-state index in [1.54, 1.807) is 62.3 Å². The molecule has 0 unspecified atom stereocenters. The molecule has 2 aromatic rings. The van der Waals surface area contributed by atoms with Crippen molar-refractivity contribution in [3.8, 4) is 11.1 Å². The number of alkyl carbamates (subject to hydrolysis) is 1. The molecule has 326 valence electrons. The molecule has 0 heterocycles. The zero-order chi connectivity index (χ0) is 44.0. The van der Waals surface area contributed by atoms with Crippen LogP contribution in [-0.4, -0.2) is 145 Å². The summed E-state index contributed by atoms with van der Waals surface area (Å²) in [5, 5.41) is 14.0. The van der Waals surface area contributed by atoms with Crippen LogP contribution in [0.3, 0.4) is 0 Å². The Morgan fingerprint density at radius 2 is 0.966 bits per heavy atom. The van der Waals surface area contributed by atoms with E-state index in [2.05, 4.69) is 22.8 Å². The highest BCUT2D eigenvalue weighted by Gasteiger charge is 2.31. The average molecular weight is 828 g/mol. The van der Waals surface area contributed by atoms with Crippen LogP contribution in [0, 0.1) is 0 Å². The first-order valence-electron chi connectivity index (χ1n) is 19.6. The Kier molecular flexibility index (Phi) is 17.4. The molecule has 17 heteroatoms. The number of nitrogens with zero attached hydrogens (tertiary/aromatic N) is 3. The molecule has 0 saturated heterocycles. The van der Waals surface area contributed by atoms with Crippen LogP contribution in [0.5, 0.6) is 0 Å². The van der Waals surface area contributed by atoms with Crippen LogP contribution >= 0.6 is 0 Å². The fourth-order valence-corrected chi connectivity index (χ4v) is 5.90. The van der Waals surface area contributed by atoms with E-state index in [1.165, 1.54) is 14.7 Å². The summed E-state index contributed by atoms with van der Waals surface area (Å²) < 4.78 is 27.4. The maximum Gasteiger partial charge on any atom is 0.410 e. The molecule has 1 aliphatic carbocycles. The molecule has 59 heavy (non-hydrogen) atoms. The van der Waals surface area contributed by atoms with Crippen molar-refractivity contribution in [1.29, 1.82) is 0 Å². The minimum atomic E-state index is -1.22. The van der Waals surface area contributed by atoms with Crippen LogP contribution in [-0.2, 0) is 33.3 Å². The van der Waals surface area contributed by atoms with E-state index in [4.69, 9.17) is 28.8 Å². The Labute approximate surface area is 346 Å². The summed E-state index contributed by atoms with van der Waals surface area (Å²) in [5.41, 5.74) is 1.80. The number of hydrogen-bond acceptors (Lipinski definition) is 11. The van der Waals surface area contributed by atoms with E-state index < -0.39 is 66.3 Å². The Morgan fingerprint density at radius 3 is 1.37 bits per heavy atom. The van der Waals surface area contributed by atoms with Gasteiger partial charge in [0.25, 0.3) is 0 Å². The summed E-state index contributed by atoms with van der Waals surface area (Å²) in [6.07, 6.45) is -2.73. The van der Waals surface area contributed by atoms with E-state index in [0.717, 1.165) is 22.3 Å². The standard InChI is InChI=1S/C42H61N5O12/c1-40(2,3)57-37(52)45(20-18-43-34(48)27-55-28-35(49)50)22-24-47(39(54)59-42(7,8)9)25-23-46(38(53)58-41(4,5)6)21-19-44-36(51)56-26-33-31-16-12-10-14-29(31)30-15-11-13-17-32(30)33/h10-17,33H,18-28H2,1-9H3,(H,43,48)(H,44,51)(H,49,50). The predicted molar refractivity (Wildman–Crippen MR) is 218 cm³/mol. The molecule has 0 saturated carbocycles. The van der Waals surface area contributed by atoms with Gasteiger partial charge in [-0.15, -0.1) is 0 Å². The summed E-state index contributed by atoms with van der Waals surface area (Å²) in [7, 11) is 0. The van der Waals surface area contributed by atoms with Gasteiger partial charge in [-0.05, 0) is 84.6 Å². The zero-order valence-corrected chi connectivity index (χ0v) is 35.8. The SMILES string of the molecule is CC(C)(C)OC(=O)N(CCNC(=O)COCC(=O)O)CCN(CCN(CCNC(=O)OCC1c2ccccc2-c2ccccc21)C(=O)OC(C)(C)C)C(=O)OC(C)(C)C. The summed E-state index contributed by atoms with van der Waals surface area (Å²) in [6, 6.07) is 16.0. The highest BCUT2D eigenvalue weighted by molar-refractivity contribution is 5.79. The topological polar surface area (TPSA) is 203 Å². The third-order valence-corrected chi connectivity index (χ3v) is 8.39. The van der Waals surface area contributed by atoms with E-state index in [0.29, 0.717) is 0 Å². The van der Waals surface area contributed by atoms with Gasteiger partial charge >= 0.3 is 30.3 Å². The molecule has 3 N–H and O–H groups in total. The quantitative estimate of drug-likeness (QED) is 0.161. The molecular weight excluding hydrogens is 766 g/mol. The monoisotopic (exact) mass is 827 g/mol. The van der Waals surface area contributed by atoms with E-state index >= 15 is 0 Å². The molecule has 5 amide bonds. The number of benzene rings is 2. The molecule has 0 aromatic heterocycles. The van der Waals surface area contributed by atoms with Crippen molar-refractivity contribution in [3.05, 3.63) is 59.7 Å². The van der Waals surface area contributed by atoms with Gasteiger partial charge in [0.2, 0.25) is 5.91 Å². The van der Waals surface area contributed by atoms with Gasteiger partial charge in [0.05, 0.1) is 0 Å². The molecule has 1 aliphatic rings. The van der Waals surface area contributed by atoms with Crippen LogP contribution in [0.1, 0.15) is 79.4 Å². The number of carbonyl (C=O) groups is 6. The van der Waals surface area contributed by atoms with Crippen LogP contribution < -0.4 is 10.6 Å². The number of rotatable bonds is 18. The van der Waals surface area contributed by atoms with Crippen molar-refractivity contribution in [3.63, 3.8) is 0 Å². The number of carboxylic acid groups (broad SMARTS) is 1. The van der Waals surface area contributed by atoms with Crippen LogP contribution in [0.4, 0.5) is 19.2 Å². The summed E-state index contributed by atoms with van der Waals surface area (Å²) in [4.78, 5) is 80.0. The minimum absolute atomic E-state index is 0.0151. The lowest BCUT2D eigenvalue weighted by atomic mass is 9.98. The number of ether oxygens (including phenoxy) is 5. The second kappa shape index (κ2) is 21.4. The third-order valence-electron chi connectivity index (χ3n) is 8.39. The second-order valence-corrected chi connectivity index (χ2v) is 16.9. The van der Waals surface area contributed by atoms with Crippen LogP contribution in [0.25, 0.3) is 11.1 Å². The molecule has 0 bridgehead atoms. The van der Waals surface area contributed by atoms with Crippen molar-refractivity contribution in [2.24, 2.45) is 0 Å². The predicted octanol–water partition coefficient (Wildman–Crippen LogP) is 5.45. The Morgan fingerprint density at radius 1 is 0.576 bits per heavy atom. The summed E-state index contributed by atoms with van der Waals surface area (Å²) in [6.45, 7) is 14.2. The number of aliphatic carboxylic acids is 1. The first-order chi connectivity index (χ1) is 27.5. The Balaban J connectivity index is 1.68. The molecule has 0 radical (unpaired) electrons. The van der Waals surface area contributed by atoms with Gasteiger partial charge in [0.1, 0.15) is 36.6 Å². The van der Waals surface area contributed by atoms with Gasteiger partial charge in [-0.1, -0.05) is 48.5 Å². The highest BCUT2D eigenvalue weighted by Crippen LogP contribution is 2.44. The lowest BCUT2D eigenvalue weighted by Gasteiger charge is -2.33. The number of amides is 5. The van der Waals surface area contributed by atoms with Crippen molar-refractivity contribution in [1.82, 2.24) is 25.3 Å². The molecule has 3 rings (SSSR count). The molecule has 0 spiro atoms. The van der Waals surface area contributed by atoms with E-state index in [-0.39, 0.29) is 64.9 Å². The first kappa shape index (κ1) is 47.8. The maximum absolute atomic E-state index is 13.5. The average Bonchev–Trinajstić information content (AvgIpc) is 3.43. The number of fused-ring (bicyclic) bond motifs is 3. The number of nitrogens with one attached hydrogen (secondary N) is 2. The number of carboxylic acids is 1. The molecule has 0 atom stereocenters. The van der Waals surface area contributed by atoms with Gasteiger partial charge in [-0.25, -0.2) is 24.0 Å². The zero-order valence-electron chi connectivity index (χ0n) is 35.8. The number of hydrogen-bond donors (Lipinski definition) is 3. The third kappa shape index (κ3) is 17.0. The first-order valence-corrected chi connectivity index (χ1v) is 19.6. The largest absolute Gasteiger partial charge is 0.480 e. The van der Waals surface area contributed by atoms with Gasteiger partial charge in [-0.2, -0.15) is 0 Å². The Hall–Kier alpha value is -5.58. The van der Waals surface area contributed by atoms with Gasteiger partial charge in [0.15, 0.2) is 0 Å². The lowest BCUT2D eigenvalue weighted by molar-refractivity contribution is -0.143. The van der Waals surface area contributed by atoms with Gasteiger partial charge in [-0.3, -0.25) is 4.79 Å². The fourth-order valence-electron chi connectivity index (χ4n) is 5.90. The molecular formula is C42H61N5O12. The van der Waals surface area contributed by atoms with Crippen molar-refractivity contribution < 1.29 is 57.6 Å². The smallest absolute Gasteiger partial charge is 0.410 e. The summed E-state index contributed by atoms with van der Waals surface area (Å²) in [5.74, 6) is -1.93. The fraction of sp³-hybridized carbons (Fsp3) is 0.571. The van der Waals surface area contributed by atoms with E-state index in [1.807, 2.05) is 36.4 Å². The Bertz CT molecular complexity index is 1720. The second-order valence-electron chi connectivity index (χ2n) is 16.9. The van der Waals surface area contributed by atoms with Crippen LogP contribution in [0.2, 0.25) is 0 Å². The maximum atomic E-state index is 13.5. The van der Waals surface area contributed by atoms with Gasteiger partial charge < -0.3 is 54.1 Å². The normalized spacial score (nSPS) is 12.4. The van der Waals surface area contributed by atoms with Crippen molar-refractivity contribution >= 4 is 36.2 Å². The minimum Gasteiger partial charge on any atom is -0.480 e. The molecule has 17 nitrogen and oxygen atoms in total. The van der Waals surface area contributed by atoms with Crippen LogP contribution in [0.15, 0.2) is 48.5 Å². The highest BCUT2D eigenvalue weighted by atomic mass is 16.6. The van der Waals surface area contributed by atoms with Crippen molar-refractivity contribution in [2.45, 2.75) is 85.0 Å². The molecule has 2 aromatic carbocycles. The van der Waals surface area contributed by atoms with Crippen molar-refractivity contribution in [2.75, 3.05) is 72.2 Å². The van der Waals surface area contributed by atoms with Gasteiger partial charge in [0, 0.05) is 58.3 Å². The summed E-state index contributed by atoms with van der Waals surface area (Å²) >= 11 is 0. The molecule has 0 aliphatic heterocycles. The van der Waals surface area contributed by atoms with E-state index in [9.17, 15) is 28.8 Å².